The van der Waals surface area contributed by atoms with E-state index in [0.717, 1.165) is 46.7 Å². The monoisotopic (exact) mass is 484 g/mol. The van der Waals surface area contributed by atoms with Crippen LogP contribution >= 0.6 is 11.8 Å². The van der Waals surface area contributed by atoms with Gasteiger partial charge < -0.3 is 21.1 Å². The van der Waals surface area contributed by atoms with E-state index in [1.54, 1.807) is 18.0 Å². The number of anilines is 1. The second kappa shape index (κ2) is 10.1. The zero-order valence-corrected chi connectivity index (χ0v) is 21.1. The Balaban J connectivity index is 1.55. The van der Waals surface area contributed by atoms with Crippen LogP contribution in [0.5, 0.6) is 5.75 Å². The number of ether oxygens (including phenoxy) is 1. The molecular formula is C23H32N8O2S. The predicted molar refractivity (Wildman–Crippen MR) is 133 cm³/mol. The van der Waals surface area contributed by atoms with Gasteiger partial charge in [0.05, 0.1) is 35.7 Å². The molecule has 1 unspecified atom stereocenters. The molecule has 3 aromatic rings. The maximum Gasteiger partial charge on any atom is 0.233 e. The summed E-state index contributed by atoms with van der Waals surface area (Å²) in [6.45, 7) is 10.9. The first-order valence-corrected chi connectivity index (χ1v) is 12.3. The summed E-state index contributed by atoms with van der Waals surface area (Å²) in [6.07, 6.45) is 2.30. The lowest BCUT2D eigenvalue weighted by atomic mass is 10.1. The zero-order chi connectivity index (χ0) is 24.4. The predicted octanol–water partition coefficient (Wildman–Crippen LogP) is 1.86. The van der Waals surface area contributed by atoms with E-state index in [1.165, 1.54) is 11.8 Å². The molecule has 34 heavy (non-hydrogen) atoms. The fourth-order valence-electron chi connectivity index (χ4n) is 4.11. The van der Waals surface area contributed by atoms with Gasteiger partial charge in [-0.25, -0.2) is 9.67 Å². The van der Waals surface area contributed by atoms with Gasteiger partial charge in [-0.2, -0.15) is 10.1 Å². The summed E-state index contributed by atoms with van der Waals surface area (Å²) in [7, 11) is 1.66. The topological polar surface area (TPSA) is 133 Å². The van der Waals surface area contributed by atoms with Crippen LogP contribution in [0.4, 0.5) is 5.95 Å². The van der Waals surface area contributed by atoms with E-state index in [2.05, 4.69) is 39.4 Å². The van der Waals surface area contributed by atoms with Crippen LogP contribution in [0.3, 0.4) is 0 Å². The number of carbonyl (C=O) groups is 1. The van der Waals surface area contributed by atoms with Gasteiger partial charge in [0.25, 0.3) is 0 Å². The highest BCUT2D eigenvalue weighted by atomic mass is 32.2. The average molecular weight is 485 g/mol. The largest absolute Gasteiger partial charge is 0.496 e. The number of nitrogen functional groups attached to an aromatic ring is 1. The molecule has 1 atom stereocenters. The number of carbonyl (C=O) groups excluding carboxylic acids is 1. The minimum absolute atomic E-state index is 0.0253. The molecule has 4 N–H and O–H groups in total. The first-order chi connectivity index (χ1) is 16.3. The molecule has 4 rings (SSSR count). The van der Waals surface area contributed by atoms with Crippen LogP contribution in [0.15, 0.2) is 11.2 Å². The van der Waals surface area contributed by atoms with Crippen molar-refractivity contribution in [3.8, 4) is 5.75 Å². The van der Waals surface area contributed by atoms with Crippen LogP contribution in [0, 0.1) is 19.8 Å². The maximum atomic E-state index is 12.9. The van der Waals surface area contributed by atoms with Crippen LogP contribution < -0.4 is 21.1 Å². The SMILES string of the molecule is COc1c(C)cnc(Cn2nc3c4c(nc(N)nc42)SC(C(=O)NCCNCC(C)C)C3)c1C. The molecule has 0 radical (unpaired) electrons. The molecule has 11 heteroatoms. The molecule has 0 saturated heterocycles. The summed E-state index contributed by atoms with van der Waals surface area (Å²) in [5.74, 6) is 1.52. The van der Waals surface area contributed by atoms with Gasteiger partial charge in [0.2, 0.25) is 11.9 Å². The Morgan fingerprint density at radius 2 is 2.12 bits per heavy atom. The van der Waals surface area contributed by atoms with Crippen LogP contribution in [-0.4, -0.2) is 62.6 Å². The van der Waals surface area contributed by atoms with E-state index in [0.29, 0.717) is 36.1 Å². The fourth-order valence-corrected chi connectivity index (χ4v) is 5.29. The molecule has 0 spiro atoms. The lowest BCUT2D eigenvalue weighted by molar-refractivity contribution is -0.120. The molecule has 0 saturated carbocycles. The van der Waals surface area contributed by atoms with Crippen molar-refractivity contribution in [1.82, 2.24) is 35.4 Å². The molecule has 10 nitrogen and oxygen atoms in total. The molecule has 182 valence electrons. The maximum absolute atomic E-state index is 12.9. The van der Waals surface area contributed by atoms with Crippen LogP contribution in [0.2, 0.25) is 0 Å². The minimum Gasteiger partial charge on any atom is -0.496 e. The smallest absolute Gasteiger partial charge is 0.233 e. The molecule has 0 aliphatic carbocycles. The van der Waals surface area contributed by atoms with Gasteiger partial charge in [0.15, 0.2) is 5.65 Å². The number of hydrogen-bond acceptors (Lipinski definition) is 9. The van der Waals surface area contributed by atoms with Crippen LogP contribution in [-0.2, 0) is 17.8 Å². The van der Waals surface area contributed by atoms with Gasteiger partial charge in [-0.3, -0.25) is 9.78 Å². The third-order valence-corrected chi connectivity index (χ3v) is 6.96. The summed E-state index contributed by atoms with van der Waals surface area (Å²) in [5, 5.41) is 12.4. The number of nitrogens with two attached hydrogens (primary N) is 1. The third kappa shape index (κ3) is 4.95. The lowest BCUT2D eigenvalue weighted by Gasteiger charge is -2.19. The number of amides is 1. The highest BCUT2D eigenvalue weighted by molar-refractivity contribution is 8.00. The molecule has 1 amide bonds. The van der Waals surface area contributed by atoms with Crippen LogP contribution in [0.1, 0.15) is 36.4 Å². The molecule has 4 heterocycles. The van der Waals surface area contributed by atoms with E-state index in [1.807, 2.05) is 13.8 Å². The number of rotatable bonds is 9. The molecule has 1 aliphatic heterocycles. The molecule has 0 aromatic carbocycles. The van der Waals surface area contributed by atoms with Gasteiger partial charge in [-0.15, -0.1) is 0 Å². The normalized spacial score (nSPS) is 15.2. The Morgan fingerprint density at radius 3 is 2.85 bits per heavy atom. The van der Waals surface area contributed by atoms with E-state index >= 15 is 0 Å². The Bertz CT molecular complexity index is 1210. The summed E-state index contributed by atoms with van der Waals surface area (Å²) in [4.78, 5) is 26.3. The number of hydrogen-bond donors (Lipinski definition) is 3. The van der Waals surface area contributed by atoms with Gasteiger partial charge in [-0.1, -0.05) is 25.6 Å². The molecular weight excluding hydrogens is 452 g/mol. The van der Waals surface area contributed by atoms with Crippen molar-refractivity contribution in [3.05, 3.63) is 28.7 Å². The quantitative estimate of drug-likeness (QED) is 0.307. The molecule has 0 bridgehead atoms. The van der Waals surface area contributed by atoms with Crippen molar-refractivity contribution < 1.29 is 9.53 Å². The van der Waals surface area contributed by atoms with Crippen molar-refractivity contribution in [2.24, 2.45) is 5.92 Å². The number of nitrogens with one attached hydrogen (secondary N) is 2. The van der Waals surface area contributed by atoms with Crippen LogP contribution in [0.25, 0.3) is 11.0 Å². The van der Waals surface area contributed by atoms with Gasteiger partial charge in [-0.05, 0) is 26.3 Å². The number of thioether (sulfide) groups is 1. The number of aryl methyl sites for hydroxylation is 1. The zero-order valence-electron chi connectivity index (χ0n) is 20.3. The summed E-state index contributed by atoms with van der Waals surface area (Å²) in [5.41, 5.74) is 10.3. The molecule has 3 aromatic heterocycles. The number of pyridine rings is 1. The van der Waals surface area contributed by atoms with Gasteiger partial charge in [0, 0.05) is 36.8 Å². The van der Waals surface area contributed by atoms with Crippen molar-refractivity contribution in [1.29, 1.82) is 0 Å². The number of nitrogens with zero attached hydrogens (tertiary/aromatic N) is 5. The second-order valence-corrected chi connectivity index (χ2v) is 10.1. The van der Waals surface area contributed by atoms with Crippen molar-refractivity contribution >= 4 is 34.7 Å². The minimum atomic E-state index is -0.322. The third-order valence-electron chi connectivity index (χ3n) is 5.78. The molecule has 0 fully saturated rings. The summed E-state index contributed by atoms with van der Waals surface area (Å²) < 4.78 is 7.35. The summed E-state index contributed by atoms with van der Waals surface area (Å²) in [6, 6.07) is 0. The van der Waals surface area contributed by atoms with E-state index < -0.39 is 0 Å². The Hall–Kier alpha value is -2.92. The van der Waals surface area contributed by atoms with Crippen molar-refractivity contribution in [3.63, 3.8) is 0 Å². The van der Waals surface area contributed by atoms with Crippen molar-refractivity contribution in [2.75, 3.05) is 32.5 Å². The lowest BCUT2D eigenvalue weighted by Crippen LogP contribution is -2.39. The standard InChI is InChI=1S/C23H32N8O2S/c1-12(2)9-25-6-7-26-21(32)17-8-15-18-20(28-23(24)29-22(18)34-17)31(30-15)11-16-14(4)19(33-5)13(3)10-27-16/h10,12,17,25H,6-9,11H2,1-5H3,(H,26,32)(H2,24,28,29). The Kier molecular flexibility index (Phi) is 7.22. The van der Waals surface area contributed by atoms with Gasteiger partial charge >= 0.3 is 0 Å². The highest BCUT2D eigenvalue weighted by Crippen LogP contribution is 2.38. The van der Waals surface area contributed by atoms with Crippen molar-refractivity contribution in [2.45, 2.75) is 50.9 Å². The van der Waals surface area contributed by atoms with Gasteiger partial charge in [0.1, 0.15) is 10.8 Å². The first kappa shape index (κ1) is 24.2. The first-order valence-electron chi connectivity index (χ1n) is 11.5. The summed E-state index contributed by atoms with van der Waals surface area (Å²) >= 11 is 1.42. The highest BCUT2D eigenvalue weighted by Gasteiger charge is 2.32. The second-order valence-electron chi connectivity index (χ2n) is 8.94. The Morgan fingerprint density at radius 1 is 1.32 bits per heavy atom. The average Bonchev–Trinajstić information content (AvgIpc) is 3.13. The number of methoxy groups -OCH3 is 1. The van der Waals surface area contributed by atoms with E-state index in [-0.39, 0.29) is 17.1 Å². The Labute approximate surface area is 203 Å². The van der Waals surface area contributed by atoms with E-state index in [9.17, 15) is 4.79 Å². The number of aromatic nitrogens is 5. The fraction of sp³-hybridized carbons (Fsp3) is 0.522. The molecule has 1 aliphatic rings. The van der Waals surface area contributed by atoms with E-state index in [4.69, 9.17) is 15.6 Å².